The summed E-state index contributed by atoms with van der Waals surface area (Å²) in [6.45, 7) is 1.85. The number of nitrogens with zero attached hydrogens (tertiary/aromatic N) is 2. The molecule has 3 aliphatic heterocycles. The molecule has 1 aromatic rings. The van der Waals surface area contributed by atoms with Crippen molar-refractivity contribution in [3.8, 4) is 0 Å². The zero-order valence-corrected chi connectivity index (χ0v) is 15.5. The standard InChI is InChI=1S/C21H28N2O3/c1-26-20(24)16-7-5-15(6-8-16)17-13-18-9-10-19(14-17)23(18)21(25)22-11-3-2-4-12-22/h5-8,17-19H,2-4,9-14H2,1H3/t17?,18-,19+. The van der Waals surface area contributed by atoms with Crippen LogP contribution in [0.25, 0.3) is 0 Å². The number of hydrogen-bond donors (Lipinski definition) is 0. The molecule has 5 nitrogen and oxygen atoms in total. The van der Waals surface area contributed by atoms with Crippen molar-refractivity contribution in [2.24, 2.45) is 0 Å². The fourth-order valence-electron chi connectivity index (χ4n) is 5.02. The Morgan fingerprint density at radius 3 is 2.15 bits per heavy atom. The Balaban J connectivity index is 1.44. The molecule has 0 aromatic heterocycles. The van der Waals surface area contributed by atoms with Crippen LogP contribution in [0.15, 0.2) is 24.3 Å². The van der Waals surface area contributed by atoms with Gasteiger partial charge in [0.2, 0.25) is 0 Å². The maximum Gasteiger partial charge on any atom is 0.337 e. The third-order valence-corrected chi connectivity index (χ3v) is 6.38. The first kappa shape index (κ1) is 17.4. The molecule has 0 radical (unpaired) electrons. The molecule has 26 heavy (non-hydrogen) atoms. The quantitative estimate of drug-likeness (QED) is 0.758. The molecule has 3 atom stereocenters. The highest BCUT2D eigenvalue weighted by atomic mass is 16.5. The molecule has 3 heterocycles. The monoisotopic (exact) mass is 356 g/mol. The van der Waals surface area contributed by atoms with E-state index in [0.717, 1.165) is 51.6 Å². The third-order valence-electron chi connectivity index (χ3n) is 6.38. The minimum Gasteiger partial charge on any atom is -0.465 e. The highest BCUT2D eigenvalue weighted by Gasteiger charge is 2.44. The summed E-state index contributed by atoms with van der Waals surface area (Å²) in [7, 11) is 1.41. The number of urea groups is 1. The van der Waals surface area contributed by atoms with Crippen LogP contribution in [0, 0.1) is 0 Å². The fourth-order valence-corrected chi connectivity index (χ4v) is 5.02. The summed E-state index contributed by atoms with van der Waals surface area (Å²) < 4.78 is 4.78. The van der Waals surface area contributed by atoms with Gasteiger partial charge in [-0.05, 0) is 68.6 Å². The number of carbonyl (C=O) groups is 2. The number of methoxy groups -OCH3 is 1. The van der Waals surface area contributed by atoms with Crippen molar-refractivity contribution < 1.29 is 14.3 Å². The van der Waals surface area contributed by atoms with Crippen LogP contribution in [0.5, 0.6) is 0 Å². The Hall–Kier alpha value is -2.04. The van der Waals surface area contributed by atoms with Crippen LogP contribution in [0.3, 0.4) is 0 Å². The van der Waals surface area contributed by atoms with Crippen molar-refractivity contribution in [2.45, 2.75) is 62.9 Å². The van der Waals surface area contributed by atoms with E-state index < -0.39 is 0 Å². The number of benzene rings is 1. The third kappa shape index (κ3) is 3.19. The Morgan fingerprint density at radius 2 is 1.58 bits per heavy atom. The first-order chi connectivity index (χ1) is 12.7. The lowest BCUT2D eigenvalue weighted by Gasteiger charge is -2.42. The molecular weight excluding hydrogens is 328 g/mol. The van der Waals surface area contributed by atoms with E-state index in [2.05, 4.69) is 21.9 Å². The van der Waals surface area contributed by atoms with Gasteiger partial charge in [-0.1, -0.05) is 12.1 Å². The number of amides is 2. The van der Waals surface area contributed by atoms with Crippen LogP contribution in [-0.2, 0) is 4.74 Å². The van der Waals surface area contributed by atoms with Crippen molar-refractivity contribution in [1.82, 2.24) is 9.80 Å². The number of likely N-dealkylation sites (tertiary alicyclic amines) is 1. The Morgan fingerprint density at radius 1 is 0.962 bits per heavy atom. The van der Waals surface area contributed by atoms with Crippen LogP contribution in [0.2, 0.25) is 0 Å². The Labute approximate surface area is 155 Å². The van der Waals surface area contributed by atoms with Gasteiger partial charge in [-0.15, -0.1) is 0 Å². The van der Waals surface area contributed by atoms with Crippen LogP contribution in [-0.4, -0.2) is 54.1 Å². The number of esters is 1. The first-order valence-corrected chi connectivity index (χ1v) is 9.93. The van der Waals surface area contributed by atoms with Gasteiger partial charge in [0, 0.05) is 25.2 Å². The molecule has 2 amide bonds. The van der Waals surface area contributed by atoms with Gasteiger partial charge < -0.3 is 14.5 Å². The van der Waals surface area contributed by atoms with Gasteiger partial charge in [0.25, 0.3) is 0 Å². The number of carbonyl (C=O) groups excluding carboxylic acids is 2. The summed E-state index contributed by atoms with van der Waals surface area (Å²) in [6.07, 6.45) is 7.86. The number of hydrogen-bond acceptors (Lipinski definition) is 3. The molecule has 0 spiro atoms. The molecule has 0 N–H and O–H groups in total. The largest absolute Gasteiger partial charge is 0.465 e. The second-order valence-electron chi connectivity index (χ2n) is 7.90. The normalized spacial score (nSPS) is 28.1. The van der Waals surface area contributed by atoms with E-state index in [-0.39, 0.29) is 12.0 Å². The molecule has 2 bridgehead atoms. The van der Waals surface area contributed by atoms with E-state index in [1.54, 1.807) is 0 Å². The molecule has 3 fully saturated rings. The summed E-state index contributed by atoms with van der Waals surface area (Å²) in [4.78, 5) is 28.9. The van der Waals surface area contributed by atoms with E-state index in [9.17, 15) is 9.59 Å². The second kappa shape index (κ2) is 7.29. The average Bonchev–Trinajstić information content (AvgIpc) is 2.96. The predicted molar refractivity (Wildman–Crippen MR) is 99.2 cm³/mol. The van der Waals surface area contributed by atoms with Gasteiger partial charge in [-0.25, -0.2) is 9.59 Å². The highest BCUT2D eigenvalue weighted by molar-refractivity contribution is 5.89. The molecule has 0 aliphatic carbocycles. The van der Waals surface area contributed by atoms with Gasteiger partial charge >= 0.3 is 12.0 Å². The number of rotatable bonds is 2. The van der Waals surface area contributed by atoms with Crippen molar-refractivity contribution in [3.63, 3.8) is 0 Å². The van der Waals surface area contributed by atoms with Crippen molar-refractivity contribution in [1.29, 1.82) is 0 Å². The number of fused-ring (bicyclic) bond motifs is 2. The van der Waals surface area contributed by atoms with Gasteiger partial charge in [0.15, 0.2) is 0 Å². The van der Waals surface area contributed by atoms with Crippen molar-refractivity contribution >= 4 is 12.0 Å². The Bertz CT molecular complexity index is 652. The minimum atomic E-state index is -0.293. The van der Waals surface area contributed by atoms with Crippen LogP contribution in [0.1, 0.15) is 66.8 Å². The van der Waals surface area contributed by atoms with Gasteiger partial charge in [-0.3, -0.25) is 0 Å². The molecular formula is C21H28N2O3. The van der Waals surface area contributed by atoms with Gasteiger partial charge in [-0.2, -0.15) is 0 Å². The van der Waals surface area contributed by atoms with Crippen LogP contribution < -0.4 is 0 Å². The zero-order valence-electron chi connectivity index (χ0n) is 15.5. The van der Waals surface area contributed by atoms with E-state index in [1.165, 1.54) is 19.1 Å². The van der Waals surface area contributed by atoms with Crippen LogP contribution >= 0.6 is 0 Å². The summed E-state index contributed by atoms with van der Waals surface area (Å²) in [5, 5.41) is 0. The molecule has 5 heteroatoms. The predicted octanol–water partition coefficient (Wildman–Crippen LogP) is 3.79. The van der Waals surface area contributed by atoms with Crippen molar-refractivity contribution in [2.75, 3.05) is 20.2 Å². The summed E-state index contributed by atoms with van der Waals surface area (Å²) >= 11 is 0. The van der Waals surface area contributed by atoms with E-state index in [1.807, 2.05) is 12.1 Å². The van der Waals surface area contributed by atoms with E-state index in [0.29, 0.717) is 23.6 Å². The Kier molecular flexibility index (Phi) is 4.88. The van der Waals surface area contributed by atoms with E-state index >= 15 is 0 Å². The molecule has 1 aromatic carbocycles. The van der Waals surface area contributed by atoms with Gasteiger partial charge in [0.05, 0.1) is 12.7 Å². The van der Waals surface area contributed by atoms with Crippen molar-refractivity contribution in [3.05, 3.63) is 35.4 Å². The van der Waals surface area contributed by atoms with Crippen LogP contribution in [0.4, 0.5) is 4.79 Å². The maximum absolute atomic E-state index is 13.0. The minimum absolute atomic E-state index is 0.275. The number of piperidine rings is 2. The van der Waals surface area contributed by atoms with Gasteiger partial charge in [0.1, 0.15) is 0 Å². The average molecular weight is 356 g/mol. The summed E-state index contributed by atoms with van der Waals surface area (Å²) in [5.41, 5.74) is 1.87. The fraction of sp³-hybridized carbons (Fsp3) is 0.619. The smallest absolute Gasteiger partial charge is 0.337 e. The molecule has 3 saturated heterocycles. The topological polar surface area (TPSA) is 49.9 Å². The lowest BCUT2D eigenvalue weighted by Crippen LogP contribution is -2.53. The highest BCUT2D eigenvalue weighted by Crippen LogP contribution is 2.43. The second-order valence-corrected chi connectivity index (χ2v) is 7.90. The summed E-state index contributed by atoms with van der Waals surface area (Å²) in [5.74, 6) is 0.183. The molecule has 4 rings (SSSR count). The molecule has 3 aliphatic rings. The number of ether oxygens (including phenoxy) is 1. The van der Waals surface area contributed by atoms with E-state index in [4.69, 9.17) is 4.74 Å². The lowest BCUT2D eigenvalue weighted by atomic mass is 9.85. The molecule has 0 saturated carbocycles. The lowest BCUT2D eigenvalue weighted by molar-refractivity contribution is 0.0600. The first-order valence-electron chi connectivity index (χ1n) is 9.93. The molecule has 1 unspecified atom stereocenters. The summed E-state index contributed by atoms with van der Waals surface area (Å²) in [6, 6.07) is 8.83. The maximum atomic E-state index is 13.0. The SMILES string of the molecule is COC(=O)c1ccc(C2C[C@H]3CC[C@@H](C2)N3C(=O)N2CCCCC2)cc1. The molecule has 140 valence electrons. The zero-order chi connectivity index (χ0) is 18.1.